The van der Waals surface area contributed by atoms with E-state index in [1.807, 2.05) is 12.1 Å². The van der Waals surface area contributed by atoms with Crippen molar-refractivity contribution in [3.63, 3.8) is 0 Å². The van der Waals surface area contributed by atoms with Crippen LogP contribution in [0, 0.1) is 0 Å². The van der Waals surface area contributed by atoms with Crippen molar-refractivity contribution in [2.24, 2.45) is 0 Å². The Morgan fingerprint density at radius 3 is 2.89 bits per heavy atom. The van der Waals surface area contributed by atoms with E-state index in [2.05, 4.69) is 34.2 Å². The summed E-state index contributed by atoms with van der Waals surface area (Å²) in [7, 11) is 4.15. The second-order valence-electron chi connectivity index (χ2n) is 4.02. The lowest BCUT2D eigenvalue weighted by Crippen LogP contribution is -2.13. The Morgan fingerprint density at radius 2 is 2.22 bits per heavy atom. The molecule has 2 rings (SSSR count). The summed E-state index contributed by atoms with van der Waals surface area (Å²) in [6.07, 6.45) is 3.56. The Labute approximate surface area is 117 Å². The first-order valence-electron chi connectivity index (χ1n) is 5.50. The zero-order valence-corrected chi connectivity index (χ0v) is 12.1. The number of hydrogen-bond donors (Lipinski definition) is 1. The van der Waals surface area contributed by atoms with E-state index in [-0.39, 0.29) is 12.4 Å². The van der Waals surface area contributed by atoms with Gasteiger partial charge >= 0.3 is 0 Å². The molecule has 0 atom stereocenters. The molecule has 100 valence electrons. The van der Waals surface area contributed by atoms with Gasteiger partial charge in [0.05, 0.1) is 0 Å². The maximum Gasteiger partial charge on any atom is 0.191 e. The Morgan fingerprint density at radius 1 is 1.39 bits per heavy atom. The maximum atomic E-state index is 5.70. The van der Waals surface area contributed by atoms with Crippen LogP contribution in [0.5, 0.6) is 0 Å². The molecular formula is C11H17ClN4OS. The second kappa shape index (κ2) is 7.45. The van der Waals surface area contributed by atoms with E-state index in [0.717, 1.165) is 35.4 Å². The minimum absolute atomic E-state index is 0. The van der Waals surface area contributed by atoms with Crippen molar-refractivity contribution in [3.05, 3.63) is 24.2 Å². The molecule has 18 heavy (non-hydrogen) atoms. The summed E-state index contributed by atoms with van der Waals surface area (Å²) in [6.45, 7) is 1.07. The van der Waals surface area contributed by atoms with Crippen molar-refractivity contribution in [2.75, 3.05) is 20.6 Å². The average Bonchev–Trinajstić information content (AvgIpc) is 2.90. The minimum atomic E-state index is 0. The Bertz CT molecular complexity index is 444. The molecule has 7 heteroatoms. The van der Waals surface area contributed by atoms with Gasteiger partial charge in [0.2, 0.25) is 0 Å². The number of H-pyrrole nitrogens is 1. The molecule has 5 nitrogen and oxygen atoms in total. The quantitative estimate of drug-likeness (QED) is 0.885. The van der Waals surface area contributed by atoms with Crippen LogP contribution in [0.2, 0.25) is 0 Å². The van der Waals surface area contributed by atoms with Gasteiger partial charge in [0.25, 0.3) is 0 Å². The molecule has 0 unspecified atom stereocenters. The standard InChI is InChI=1S/C11H16N4OS.ClH/c1-15(2)7-3-4-9-5-6-10(16-9)17-11-12-8-13-14-11;/h5-6,8H,3-4,7H2,1-2H3,(H,12,13,14);1H. The normalized spacial score (nSPS) is 10.6. The van der Waals surface area contributed by atoms with Crippen LogP contribution in [0.25, 0.3) is 0 Å². The molecule has 1 N–H and O–H groups in total. The van der Waals surface area contributed by atoms with E-state index < -0.39 is 0 Å². The van der Waals surface area contributed by atoms with E-state index in [4.69, 9.17) is 4.42 Å². The van der Waals surface area contributed by atoms with Crippen LogP contribution in [0.4, 0.5) is 0 Å². The zero-order chi connectivity index (χ0) is 12.1. The van der Waals surface area contributed by atoms with Crippen molar-refractivity contribution in [2.45, 2.75) is 23.1 Å². The van der Waals surface area contributed by atoms with Crippen LogP contribution in [0.1, 0.15) is 12.2 Å². The molecule has 0 spiro atoms. The molecule has 0 aliphatic rings. The number of rotatable bonds is 6. The highest BCUT2D eigenvalue weighted by Gasteiger charge is 2.06. The monoisotopic (exact) mass is 288 g/mol. The smallest absolute Gasteiger partial charge is 0.191 e. The first-order valence-corrected chi connectivity index (χ1v) is 6.32. The molecule has 0 saturated heterocycles. The van der Waals surface area contributed by atoms with Gasteiger partial charge in [-0.1, -0.05) is 0 Å². The number of aryl methyl sites for hydroxylation is 1. The molecule has 2 aromatic rings. The summed E-state index contributed by atoms with van der Waals surface area (Å²) in [5.41, 5.74) is 0. The molecule has 0 aliphatic carbocycles. The van der Waals surface area contributed by atoms with E-state index in [9.17, 15) is 0 Å². The van der Waals surface area contributed by atoms with Crippen LogP contribution in [-0.2, 0) is 6.42 Å². The summed E-state index contributed by atoms with van der Waals surface area (Å²) < 4.78 is 5.70. The molecule has 0 radical (unpaired) electrons. The lowest BCUT2D eigenvalue weighted by molar-refractivity contribution is 0.378. The largest absolute Gasteiger partial charge is 0.454 e. The number of nitrogens with zero attached hydrogens (tertiary/aromatic N) is 3. The summed E-state index contributed by atoms with van der Waals surface area (Å²) >= 11 is 1.45. The molecule has 0 aromatic carbocycles. The lowest BCUT2D eigenvalue weighted by Gasteiger charge is -2.07. The molecule has 0 saturated carbocycles. The maximum absolute atomic E-state index is 5.70. The number of nitrogens with one attached hydrogen (secondary N) is 1. The highest BCUT2D eigenvalue weighted by Crippen LogP contribution is 2.26. The fourth-order valence-corrected chi connectivity index (χ4v) is 2.13. The van der Waals surface area contributed by atoms with Crippen LogP contribution in [0.3, 0.4) is 0 Å². The van der Waals surface area contributed by atoms with Crippen LogP contribution in [-0.4, -0.2) is 40.7 Å². The van der Waals surface area contributed by atoms with Crippen LogP contribution >= 0.6 is 24.2 Å². The van der Waals surface area contributed by atoms with Gasteiger partial charge in [-0.25, -0.2) is 4.98 Å². The van der Waals surface area contributed by atoms with Gasteiger partial charge in [0, 0.05) is 6.42 Å². The highest BCUT2D eigenvalue weighted by molar-refractivity contribution is 7.99. The van der Waals surface area contributed by atoms with Crippen LogP contribution < -0.4 is 0 Å². The predicted octanol–water partition coefficient (Wildman–Crippen LogP) is 2.46. The van der Waals surface area contributed by atoms with E-state index in [1.165, 1.54) is 18.1 Å². The summed E-state index contributed by atoms with van der Waals surface area (Å²) in [5.74, 6) is 1.02. The van der Waals surface area contributed by atoms with Gasteiger partial charge in [-0.2, -0.15) is 5.10 Å². The van der Waals surface area contributed by atoms with Crippen molar-refractivity contribution in [3.8, 4) is 0 Å². The summed E-state index contributed by atoms with van der Waals surface area (Å²) in [5, 5.41) is 8.18. The SMILES string of the molecule is CN(C)CCCc1ccc(Sc2ncn[nH]2)o1.Cl. The Kier molecular flexibility index (Phi) is 6.24. The number of hydrogen-bond acceptors (Lipinski definition) is 5. The number of furan rings is 1. The topological polar surface area (TPSA) is 58.0 Å². The number of aromatic nitrogens is 3. The van der Waals surface area contributed by atoms with Crippen molar-refractivity contribution < 1.29 is 4.42 Å². The van der Waals surface area contributed by atoms with Crippen molar-refractivity contribution >= 4 is 24.2 Å². The van der Waals surface area contributed by atoms with Crippen LogP contribution in [0.15, 0.2) is 33.1 Å². The van der Waals surface area contributed by atoms with Gasteiger partial charge in [-0.3, -0.25) is 5.10 Å². The lowest BCUT2D eigenvalue weighted by atomic mass is 10.2. The molecule has 0 fully saturated rings. The van der Waals surface area contributed by atoms with Crippen molar-refractivity contribution in [1.82, 2.24) is 20.1 Å². The number of aromatic amines is 1. The van der Waals surface area contributed by atoms with Gasteiger partial charge in [-0.15, -0.1) is 12.4 Å². The van der Waals surface area contributed by atoms with E-state index in [0.29, 0.717) is 0 Å². The first-order chi connectivity index (χ1) is 8.24. The van der Waals surface area contributed by atoms with Crippen molar-refractivity contribution in [1.29, 1.82) is 0 Å². The molecule has 0 aliphatic heterocycles. The fourth-order valence-electron chi connectivity index (χ4n) is 1.46. The van der Waals surface area contributed by atoms with Gasteiger partial charge in [-0.05, 0) is 51.0 Å². The predicted molar refractivity (Wildman–Crippen MR) is 73.3 cm³/mol. The third kappa shape index (κ3) is 4.72. The Hall–Kier alpha value is -0.980. The van der Waals surface area contributed by atoms with Gasteiger partial charge in [0.15, 0.2) is 10.2 Å². The molecule has 0 bridgehead atoms. The summed E-state index contributed by atoms with van der Waals surface area (Å²) in [6, 6.07) is 3.99. The zero-order valence-electron chi connectivity index (χ0n) is 10.4. The van der Waals surface area contributed by atoms with Gasteiger partial charge in [0.1, 0.15) is 12.1 Å². The fraction of sp³-hybridized carbons (Fsp3) is 0.455. The first kappa shape index (κ1) is 15.1. The molecular weight excluding hydrogens is 272 g/mol. The molecule has 2 heterocycles. The minimum Gasteiger partial charge on any atom is -0.454 e. The van der Waals surface area contributed by atoms with E-state index in [1.54, 1.807) is 0 Å². The average molecular weight is 289 g/mol. The third-order valence-corrected chi connectivity index (χ3v) is 3.07. The Balaban J connectivity index is 0.00000162. The van der Waals surface area contributed by atoms with E-state index >= 15 is 0 Å². The molecule has 0 amide bonds. The van der Waals surface area contributed by atoms with Gasteiger partial charge < -0.3 is 9.32 Å². The molecule has 2 aromatic heterocycles. The number of halogens is 1. The highest BCUT2D eigenvalue weighted by atomic mass is 35.5. The second-order valence-corrected chi connectivity index (χ2v) is 5.01. The summed E-state index contributed by atoms with van der Waals surface area (Å²) in [4.78, 5) is 6.21. The third-order valence-electron chi connectivity index (χ3n) is 2.26.